The molecule has 0 saturated heterocycles. The Morgan fingerprint density at radius 1 is 0.543 bits per heavy atom. The molecule has 8 heteroatoms. The minimum absolute atomic E-state index is 0.203. The summed E-state index contributed by atoms with van der Waals surface area (Å²) in [6.45, 7) is 9.24. The zero-order valence-electron chi connectivity index (χ0n) is 26.6. The standard InChI is InChI=1S/C38H36Br2N2O4/c1-5-7-9-19(3)17-41-35(43)23-13-11-21-32-28(40)16-26-30-24(36(44)42(38(26)46)18-20(4)10-8-6-2)14-12-22(34(30)32)31-27(39)15-25(37(41)45)29(23)33(21)31/h11-16,19-20H,5-10,17-18H2,1-4H3. The van der Waals surface area contributed by atoms with Crippen molar-refractivity contribution in [2.75, 3.05) is 13.1 Å². The molecule has 5 aromatic carbocycles. The van der Waals surface area contributed by atoms with Crippen LogP contribution in [0.1, 0.15) is 108 Å². The van der Waals surface area contributed by atoms with Gasteiger partial charge in [0.1, 0.15) is 0 Å². The minimum atomic E-state index is -0.273. The van der Waals surface area contributed by atoms with Crippen molar-refractivity contribution in [1.82, 2.24) is 9.80 Å². The number of imide groups is 2. The first-order valence-corrected chi connectivity index (χ1v) is 18.0. The molecule has 236 valence electrons. The Balaban J connectivity index is 1.46. The van der Waals surface area contributed by atoms with Crippen LogP contribution in [0.4, 0.5) is 0 Å². The molecule has 0 radical (unpaired) electrons. The molecule has 2 atom stereocenters. The highest BCUT2D eigenvalue weighted by Crippen LogP contribution is 2.50. The second kappa shape index (κ2) is 11.7. The molecule has 4 amide bonds. The van der Waals surface area contributed by atoms with Gasteiger partial charge in [0, 0.05) is 76.6 Å². The van der Waals surface area contributed by atoms with Crippen molar-refractivity contribution in [3.63, 3.8) is 0 Å². The molecule has 2 aliphatic rings. The van der Waals surface area contributed by atoms with Crippen molar-refractivity contribution in [3.05, 3.63) is 67.6 Å². The summed E-state index contributed by atoms with van der Waals surface area (Å²) in [5.74, 6) is -0.668. The first-order chi connectivity index (χ1) is 22.1. The van der Waals surface area contributed by atoms with E-state index in [1.54, 1.807) is 0 Å². The van der Waals surface area contributed by atoms with E-state index in [0.29, 0.717) is 46.1 Å². The van der Waals surface area contributed by atoms with Crippen LogP contribution >= 0.6 is 31.9 Å². The molecule has 0 N–H and O–H groups in total. The molecule has 46 heavy (non-hydrogen) atoms. The summed E-state index contributed by atoms with van der Waals surface area (Å²) in [7, 11) is 0. The van der Waals surface area contributed by atoms with E-state index in [1.165, 1.54) is 9.80 Å². The maximum atomic E-state index is 14.0. The van der Waals surface area contributed by atoms with Crippen LogP contribution in [0.25, 0.3) is 43.1 Å². The molecule has 5 aromatic rings. The van der Waals surface area contributed by atoms with Gasteiger partial charge in [-0.3, -0.25) is 29.0 Å². The second-order valence-corrected chi connectivity index (χ2v) is 15.0. The lowest BCUT2D eigenvalue weighted by atomic mass is 9.82. The van der Waals surface area contributed by atoms with Crippen LogP contribution in [0, 0.1) is 11.8 Å². The lowest BCUT2D eigenvalue weighted by molar-refractivity contribution is 0.0571. The minimum Gasteiger partial charge on any atom is -0.274 e. The number of unbranched alkanes of at least 4 members (excludes halogenated alkanes) is 2. The molecule has 0 saturated carbocycles. The van der Waals surface area contributed by atoms with Gasteiger partial charge in [0.25, 0.3) is 23.6 Å². The van der Waals surface area contributed by atoms with Gasteiger partial charge in [-0.15, -0.1) is 0 Å². The number of amides is 4. The fourth-order valence-electron chi connectivity index (χ4n) is 7.71. The van der Waals surface area contributed by atoms with Gasteiger partial charge in [-0.1, -0.05) is 97.4 Å². The van der Waals surface area contributed by atoms with Crippen molar-refractivity contribution in [2.45, 2.75) is 66.2 Å². The molecular weight excluding hydrogens is 708 g/mol. The summed E-state index contributed by atoms with van der Waals surface area (Å²) < 4.78 is 1.47. The monoisotopic (exact) mass is 742 g/mol. The van der Waals surface area contributed by atoms with E-state index in [2.05, 4.69) is 59.6 Å². The van der Waals surface area contributed by atoms with E-state index in [-0.39, 0.29) is 35.5 Å². The van der Waals surface area contributed by atoms with Gasteiger partial charge in [0.05, 0.1) is 0 Å². The predicted octanol–water partition coefficient (Wildman–Crippen LogP) is 10.1. The Hall–Kier alpha value is -3.36. The third-order valence-corrected chi connectivity index (χ3v) is 11.3. The first-order valence-electron chi connectivity index (χ1n) is 16.4. The number of fused-ring (bicyclic) bond motifs is 2. The van der Waals surface area contributed by atoms with E-state index in [1.807, 2.05) is 36.4 Å². The molecule has 0 bridgehead atoms. The number of carbonyl (C=O) groups excluding carboxylic acids is 4. The Labute approximate surface area is 285 Å². The normalized spacial score (nSPS) is 16.2. The van der Waals surface area contributed by atoms with Crippen LogP contribution in [-0.4, -0.2) is 46.5 Å². The number of rotatable bonds is 10. The highest BCUT2D eigenvalue weighted by atomic mass is 79.9. The van der Waals surface area contributed by atoms with Crippen molar-refractivity contribution in [3.8, 4) is 0 Å². The molecule has 6 nitrogen and oxygen atoms in total. The fourth-order valence-corrected chi connectivity index (χ4v) is 8.99. The summed E-state index contributed by atoms with van der Waals surface area (Å²) in [5.41, 5.74) is 2.06. The van der Waals surface area contributed by atoms with E-state index in [0.717, 1.165) is 79.8 Å². The van der Waals surface area contributed by atoms with Crippen molar-refractivity contribution in [2.24, 2.45) is 11.8 Å². The summed E-state index contributed by atoms with van der Waals surface area (Å²) in [6.07, 6.45) is 6.15. The third-order valence-electron chi connectivity index (χ3n) is 10.00. The maximum absolute atomic E-state index is 14.0. The molecule has 0 aromatic heterocycles. The Morgan fingerprint density at radius 3 is 1.28 bits per heavy atom. The SMILES string of the molecule is CCCCC(C)CN1C(=O)c2ccc3c4c(Br)cc5c6c(ccc(c7c(Br)cc(c2c37)C1=O)c64)C(=O)N(CC(C)CCCC)C5=O. The Bertz CT molecular complexity index is 1990. The van der Waals surface area contributed by atoms with Crippen LogP contribution < -0.4 is 0 Å². The molecular formula is C38H36Br2N2O4. The van der Waals surface area contributed by atoms with Crippen molar-refractivity contribution in [1.29, 1.82) is 0 Å². The molecule has 2 unspecified atom stereocenters. The molecule has 0 spiro atoms. The number of nitrogens with zero attached hydrogens (tertiary/aromatic N) is 2. The number of hydrogen-bond donors (Lipinski definition) is 0. The topological polar surface area (TPSA) is 74.8 Å². The van der Waals surface area contributed by atoms with Crippen molar-refractivity contribution < 1.29 is 19.2 Å². The average Bonchev–Trinajstić information content (AvgIpc) is 3.04. The van der Waals surface area contributed by atoms with Crippen LogP contribution in [0.2, 0.25) is 0 Å². The lowest BCUT2D eigenvalue weighted by Gasteiger charge is -2.32. The van der Waals surface area contributed by atoms with Gasteiger partial charge < -0.3 is 0 Å². The smallest absolute Gasteiger partial charge is 0.261 e. The van der Waals surface area contributed by atoms with E-state index < -0.39 is 0 Å². The fraction of sp³-hybridized carbons (Fsp3) is 0.368. The van der Waals surface area contributed by atoms with Gasteiger partial charge in [-0.05, 0) is 59.7 Å². The molecule has 2 heterocycles. The Kier molecular flexibility index (Phi) is 7.95. The van der Waals surface area contributed by atoms with Crippen LogP contribution in [0.3, 0.4) is 0 Å². The average molecular weight is 745 g/mol. The summed E-state index contributed by atoms with van der Waals surface area (Å²) in [6, 6.07) is 11.3. The largest absolute Gasteiger partial charge is 0.274 e. The molecule has 7 rings (SSSR count). The predicted molar refractivity (Wildman–Crippen MR) is 191 cm³/mol. The number of hydrogen-bond acceptors (Lipinski definition) is 4. The van der Waals surface area contributed by atoms with Crippen LogP contribution in [0.5, 0.6) is 0 Å². The van der Waals surface area contributed by atoms with Crippen LogP contribution in [-0.2, 0) is 0 Å². The summed E-state index contributed by atoms with van der Waals surface area (Å²) in [4.78, 5) is 58.6. The highest BCUT2D eigenvalue weighted by Gasteiger charge is 2.38. The van der Waals surface area contributed by atoms with E-state index in [9.17, 15) is 19.2 Å². The third kappa shape index (κ3) is 4.54. The quantitative estimate of drug-likeness (QED) is 0.0811. The van der Waals surface area contributed by atoms with Gasteiger partial charge in [0.2, 0.25) is 0 Å². The van der Waals surface area contributed by atoms with Gasteiger partial charge >= 0.3 is 0 Å². The van der Waals surface area contributed by atoms with Gasteiger partial charge in [0.15, 0.2) is 0 Å². The summed E-state index contributed by atoms with van der Waals surface area (Å²) in [5, 5.41) is 6.43. The molecule has 0 fully saturated rings. The number of carbonyl (C=O) groups is 4. The second-order valence-electron chi connectivity index (χ2n) is 13.3. The number of halogens is 2. The maximum Gasteiger partial charge on any atom is 0.261 e. The zero-order valence-corrected chi connectivity index (χ0v) is 29.7. The van der Waals surface area contributed by atoms with Crippen LogP contribution in [0.15, 0.2) is 45.3 Å². The first kappa shape index (κ1) is 31.3. The summed E-state index contributed by atoms with van der Waals surface area (Å²) >= 11 is 7.62. The molecule has 2 aliphatic heterocycles. The highest BCUT2D eigenvalue weighted by molar-refractivity contribution is 9.11. The zero-order chi connectivity index (χ0) is 32.6. The Morgan fingerprint density at radius 2 is 0.913 bits per heavy atom. The molecule has 0 aliphatic carbocycles. The number of benzene rings is 5. The van der Waals surface area contributed by atoms with Crippen molar-refractivity contribution >= 4 is 98.6 Å². The van der Waals surface area contributed by atoms with Gasteiger partial charge in [-0.25, -0.2) is 0 Å². The van der Waals surface area contributed by atoms with Gasteiger partial charge in [-0.2, -0.15) is 0 Å². The van der Waals surface area contributed by atoms with E-state index in [4.69, 9.17) is 0 Å². The van der Waals surface area contributed by atoms with E-state index >= 15 is 0 Å². The lowest BCUT2D eigenvalue weighted by Crippen LogP contribution is -2.43.